The highest BCUT2D eigenvalue weighted by atomic mass is 35.5. The molecule has 1 atom stereocenters. The molecule has 0 bridgehead atoms. The fourth-order valence-electron chi connectivity index (χ4n) is 1.58. The number of halogens is 1. The molecule has 0 fully saturated rings. The van der Waals surface area contributed by atoms with Gasteiger partial charge in [0.1, 0.15) is 0 Å². The van der Waals surface area contributed by atoms with E-state index in [9.17, 15) is 4.79 Å². The van der Waals surface area contributed by atoms with Crippen LogP contribution in [0.25, 0.3) is 0 Å². The third-order valence-electron chi connectivity index (χ3n) is 2.81. The Balaban J connectivity index is 0.00000200. The van der Waals surface area contributed by atoms with Crippen molar-refractivity contribution in [3.8, 4) is 0 Å². The topological polar surface area (TPSA) is 68.0 Å². The number of rotatable bonds is 5. The van der Waals surface area contributed by atoms with Crippen molar-refractivity contribution in [1.82, 2.24) is 4.98 Å². The lowest BCUT2D eigenvalue weighted by molar-refractivity contribution is -0.119. The molecule has 20 heavy (non-hydrogen) atoms. The van der Waals surface area contributed by atoms with Gasteiger partial charge in [-0.15, -0.1) is 23.7 Å². The number of carbonyl (C=O) groups excluding carboxylic acids is 1. The summed E-state index contributed by atoms with van der Waals surface area (Å²) in [4.78, 5) is 17.0. The summed E-state index contributed by atoms with van der Waals surface area (Å²) in [7, 11) is 0. The molecule has 2 rings (SSSR count). The van der Waals surface area contributed by atoms with E-state index >= 15 is 0 Å². The van der Waals surface area contributed by atoms with E-state index in [1.807, 2.05) is 18.2 Å². The molecule has 0 aliphatic carbocycles. The summed E-state index contributed by atoms with van der Waals surface area (Å²) in [5.74, 6) is -0.274. The summed E-state index contributed by atoms with van der Waals surface area (Å²) in [5, 5.41) is 3.42. The number of aromatic nitrogens is 1. The second kappa shape index (κ2) is 7.99. The number of benzene rings is 1. The summed E-state index contributed by atoms with van der Waals surface area (Å²) < 4.78 is 0. The van der Waals surface area contributed by atoms with Gasteiger partial charge in [-0.05, 0) is 5.56 Å². The van der Waals surface area contributed by atoms with E-state index in [1.165, 1.54) is 16.9 Å². The van der Waals surface area contributed by atoms with E-state index in [0.29, 0.717) is 11.7 Å². The number of thiazole rings is 1. The number of carbonyl (C=O) groups is 1. The molecule has 0 saturated carbocycles. The molecule has 1 heterocycles. The monoisotopic (exact) mass is 311 g/mol. The number of nitrogens with two attached hydrogens (primary N) is 1. The molecule has 0 radical (unpaired) electrons. The Hall–Kier alpha value is -1.43. The first-order valence-electron chi connectivity index (χ1n) is 6.18. The smallest absolute Gasteiger partial charge is 0.230 e. The Morgan fingerprint density at radius 2 is 2.10 bits per heavy atom. The Morgan fingerprint density at radius 3 is 2.75 bits per heavy atom. The molecule has 108 valence electrons. The number of anilines is 1. The minimum absolute atomic E-state index is 0. The molecule has 0 aliphatic heterocycles. The zero-order valence-corrected chi connectivity index (χ0v) is 12.8. The van der Waals surface area contributed by atoms with Gasteiger partial charge in [0.2, 0.25) is 5.91 Å². The second-order valence-corrected chi connectivity index (χ2v) is 5.54. The Bertz CT molecular complexity index is 544. The van der Waals surface area contributed by atoms with Crippen molar-refractivity contribution in [2.24, 2.45) is 11.7 Å². The first-order chi connectivity index (χ1) is 9.19. The molecule has 0 saturated heterocycles. The largest absolute Gasteiger partial charge is 0.330 e. The highest BCUT2D eigenvalue weighted by Gasteiger charge is 2.12. The molecular formula is C14H18ClN3OS. The average molecular weight is 312 g/mol. The Morgan fingerprint density at radius 1 is 1.40 bits per heavy atom. The van der Waals surface area contributed by atoms with Gasteiger partial charge in [0.05, 0.1) is 0 Å². The average Bonchev–Trinajstić information content (AvgIpc) is 2.86. The van der Waals surface area contributed by atoms with Gasteiger partial charge in [-0.3, -0.25) is 4.79 Å². The van der Waals surface area contributed by atoms with Crippen LogP contribution in [0.1, 0.15) is 17.4 Å². The van der Waals surface area contributed by atoms with E-state index in [1.54, 1.807) is 13.1 Å². The number of hydrogen-bond donors (Lipinski definition) is 2. The van der Waals surface area contributed by atoms with Crippen molar-refractivity contribution in [1.29, 1.82) is 0 Å². The van der Waals surface area contributed by atoms with Crippen molar-refractivity contribution in [2.75, 3.05) is 11.9 Å². The van der Waals surface area contributed by atoms with E-state index in [0.717, 1.165) is 11.3 Å². The number of hydrogen-bond acceptors (Lipinski definition) is 4. The maximum atomic E-state index is 11.7. The summed E-state index contributed by atoms with van der Waals surface area (Å²) in [6.45, 7) is 2.14. The fourth-order valence-corrected chi connectivity index (χ4v) is 2.43. The summed E-state index contributed by atoms with van der Waals surface area (Å²) in [5.41, 5.74) is 6.69. The van der Waals surface area contributed by atoms with Crippen LogP contribution in [0.15, 0.2) is 36.5 Å². The van der Waals surface area contributed by atoms with Crippen molar-refractivity contribution in [3.05, 3.63) is 47.0 Å². The molecule has 1 aromatic heterocycles. The van der Waals surface area contributed by atoms with Crippen LogP contribution >= 0.6 is 23.7 Å². The second-order valence-electron chi connectivity index (χ2n) is 4.42. The van der Waals surface area contributed by atoms with E-state index < -0.39 is 0 Å². The van der Waals surface area contributed by atoms with Crippen molar-refractivity contribution < 1.29 is 4.79 Å². The predicted molar refractivity (Wildman–Crippen MR) is 85.5 cm³/mol. The summed E-state index contributed by atoms with van der Waals surface area (Å²) in [6.07, 6.45) is 2.64. The molecule has 3 N–H and O–H groups in total. The van der Waals surface area contributed by atoms with E-state index in [4.69, 9.17) is 5.73 Å². The Kier molecular flexibility index (Phi) is 6.64. The molecule has 0 aliphatic rings. The number of amides is 1. The third-order valence-corrected chi connectivity index (χ3v) is 3.72. The van der Waals surface area contributed by atoms with E-state index in [-0.39, 0.29) is 24.2 Å². The number of nitrogens with one attached hydrogen (secondary N) is 1. The minimum Gasteiger partial charge on any atom is -0.330 e. The molecule has 1 unspecified atom stereocenters. The quantitative estimate of drug-likeness (QED) is 0.892. The molecular weight excluding hydrogens is 294 g/mol. The molecule has 1 amide bonds. The van der Waals surface area contributed by atoms with Gasteiger partial charge in [-0.25, -0.2) is 4.98 Å². The molecule has 1 aromatic carbocycles. The van der Waals surface area contributed by atoms with Gasteiger partial charge in [0.25, 0.3) is 0 Å². The van der Waals surface area contributed by atoms with Crippen LogP contribution in [-0.2, 0) is 11.2 Å². The SMILES string of the molecule is CC(CN)C(=O)Nc1ncc(Cc2ccccc2)s1.Cl. The summed E-state index contributed by atoms with van der Waals surface area (Å²) >= 11 is 1.50. The zero-order chi connectivity index (χ0) is 13.7. The Labute approximate surface area is 128 Å². The van der Waals surface area contributed by atoms with Crippen LogP contribution < -0.4 is 11.1 Å². The standard InChI is InChI=1S/C14H17N3OS.ClH/c1-10(8-15)13(18)17-14-16-9-12(19-14)7-11-5-3-2-4-6-11;/h2-6,9-10H,7-8,15H2,1H3,(H,16,17,18);1H. The zero-order valence-electron chi connectivity index (χ0n) is 11.2. The van der Waals surface area contributed by atoms with Crippen LogP contribution in [0.5, 0.6) is 0 Å². The minimum atomic E-state index is -0.193. The maximum Gasteiger partial charge on any atom is 0.230 e. The first kappa shape index (κ1) is 16.6. The van der Waals surface area contributed by atoms with Crippen molar-refractivity contribution in [2.45, 2.75) is 13.3 Å². The molecule has 2 aromatic rings. The van der Waals surface area contributed by atoms with Gasteiger partial charge in [-0.2, -0.15) is 0 Å². The van der Waals surface area contributed by atoms with Crippen molar-refractivity contribution in [3.63, 3.8) is 0 Å². The highest BCUT2D eigenvalue weighted by Crippen LogP contribution is 2.21. The molecule has 0 spiro atoms. The highest BCUT2D eigenvalue weighted by molar-refractivity contribution is 7.15. The van der Waals surface area contributed by atoms with Crippen LogP contribution in [0.4, 0.5) is 5.13 Å². The first-order valence-corrected chi connectivity index (χ1v) is 7.00. The fraction of sp³-hybridized carbons (Fsp3) is 0.286. The third kappa shape index (κ3) is 4.59. The molecule has 6 heteroatoms. The molecule has 4 nitrogen and oxygen atoms in total. The van der Waals surface area contributed by atoms with Crippen LogP contribution in [0.2, 0.25) is 0 Å². The normalized spacial score (nSPS) is 11.5. The number of nitrogens with zero attached hydrogens (tertiary/aromatic N) is 1. The lowest BCUT2D eigenvalue weighted by Gasteiger charge is -2.06. The summed E-state index contributed by atoms with van der Waals surface area (Å²) in [6, 6.07) is 10.2. The van der Waals surface area contributed by atoms with Gasteiger partial charge >= 0.3 is 0 Å². The van der Waals surface area contributed by atoms with E-state index in [2.05, 4.69) is 22.4 Å². The lowest BCUT2D eigenvalue weighted by atomic mass is 10.1. The van der Waals surface area contributed by atoms with Crippen LogP contribution in [0.3, 0.4) is 0 Å². The van der Waals surface area contributed by atoms with Crippen molar-refractivity contribution >= 4 is 34.8 Å². The van der Waals surface area contributed by atoms with Gasteiger partial charge in [-0.1, -0.05) is 37.3 Å². The predicted octanol–water partition coefficient (Wildman–Crippen LogP) is 2.69. The maximum absolute atomic E-state index is 11.7. The lowest BCUT2D eigenvalue weighted by Crippen LogP contribution is -2.26. The van der Waals surface area contributed by atoms with Crippen LogP contribution in [-0.4, -0.2) is 17.4 Å². The van der Waals surface area contributed by atoms with Crippen LogP contribution in [0, 0.1) is 5.92 Å². The van der Waals surface area contributed by atoms with Gasteiger partial charge < -0.3 is 11.1 Å². The van der Waals surface area contributed by atoms with Gasteiger partial charge in [0, 0.05) is 30.0 Å². The van der Waals surface area contributed by atoms with Gasteiger partial charge in [0.15, 0.2) is 5.13 Å².